The van der Waals surface area contributed by atoms with Gasteiger partial charge < -0.3 is 5.32 Å². The Morgan fingerprint density at radius 3 is 2.94 bits per heavy atom. The lowest BCUT2D eigenvalue weighted by molar-refractivity contribution is 0.870. The number of aromatic nitrogens is 4. The van der Waals surface area contributed by atoms with Gasteiger partial charge in [0.2, 0.25) is 5.95 Å². The molecule has 88 valence electrons. The third-order valence-corrected chi connectivity index (χ3v) is 2.69. The summed E-state index contributed by atoms with van der Waals surface area (Å²) in [7, 11) is 0. The van der Waals surface area contributed by atoms with Gasteiger partial charge in [-0.15, -0.1) is 0 Å². The van der Waals surface area contributed by atoms with Crippen LogP contribution in [0.4, 0.5) is 5.95 Å². The highest BCUT2D eigenvalue weighted by Gasteiger charge is 2.09. The van der Waals surface area contributed by atoms with Gasteiger partial charge in [-0.2, -0.15) is 4.98 Å². The molecule has 0 aliphatic rings. The van der Waals surface area contributed by atoms with Crippen molar-refractivity contribution in [2.24, 2.45) is 0 Å². The van der Waals surface area contributed by atoms with Crippen molar-refractivity contribution < 1.29 is 0 Å². The van der Waals surface area contributed by atoms with Gasteiger partial charge in [0, 0.05) is 11.1 Å². The van der Waals surface area contributed by atoms with E-state index in [-0.39, 0.29) is 0 Å². The zero-order valence-corrected chi connectivity index (χ0v) is 10.3. The molecule has 0 saturated heterocycles. The molecule has 0 aliphatic carbocycles. The fraction of sp³-hybridized carbons (Fsp3) is 0.273. The number of benzene rings is 1. The lowest BCUT2D eigenvalue weighted by atomic mass is 10.3. The molecular formula is C11H12ClN5. The van der Waals surface area contributed by atoms with Gasteiger partial charge in [-0.25, -0.2) is 9.50 Å². The van der Waals surface area contributed by atoms with Crippen LogP contribution in [0.15, 0.2) is 18.2 Å². The van der Waals surface area contributed by atoms with E-state index in [4.69, 9.17) is 11.6 Å². The van der Waals surface area contributed by atoms with Crippen molar-refractivity contribution in [1.82, 2.24) is 19.6 Å². The highest BCUT2D eigenvalue weighted by molar-refractivity contribution is 6.31. The van der Waals surface area contributed by atoms with Gasteiger partial charge in [0.1, 0.15) is 0 Å². The van der Waals surface area contributed by atoms with Gasteiger partial charge in [-0.3, -0.25) is 5.10 Å². The molecule has 0 atom stereocenters. The number of anilines is 1. The van der Waals surface area contributed by atoms with Crippen molar-refractivity contribution >= 4 is 34.4 Å². The lowest BCUT2D eigenvalue weighted by Crippen LogP contribution is -2.10. The van der Waals surface area contributed by atoms with Crippen LogP contribution in [0.5, 0.6) is 0 Å². The molecule has 1 aromatic carbocycles. The summed E-state index contributed by atoms with van der Waals surface area (Å²) < 4.78 is 1.84. The molecule has 0 spiro atoms. The Kier molecular flexibility index (Phi) is 2.22. The van der Waals surface area contributed by atoms with Crippen molar-refractivity contribution in [2.75, 3.05) is 5.32 Å². The van der Waals surface area contributed by atoms with Crippen LogP contribution >= 0.6 is 11.6 Å². The van der Waals surface area contributed by atoms with E-state index in [1.54, 1.807) is 0 Å². The average Bonchev–Trinajstić information content (AvgIpc) is 2.72. The first-order chi connectivity index (χ1) is 8.13. The number of rotatable bonds is 2. The fourth-order valence-electron chi connectivity index (χ4n) is 1.79. The van der Waals surface area contributed by atoms with Crippen LogP contribution in [0, 0.1) is 0 Å². The minimum Gasteiger partial charge on any atom is -0.352 e. The number of fused-ring (bicyclic) bond motifs is 3. The summed E-state index contributed by atoms with van der Waals surface area (Å²) in [6.07, 6.45) is 0. The number of halogens is 1. The molecule has 2 heterocycles. The van der Waals surface area contributed by atoms with E-state index in [9.17, 15) is 0 Å². The Balaban J connectivity index is 2.18. The SMILES string of the molecule is CC(C)Nc1nc2nc3cc(Cl)ccc3n2[nH]1. The van der Waals surface area contributed by atoms with Gasteiger partial charge in [-0.1, -0.05) is 11.6 Å². The molecule has 0 saturated carbocycles. The van der Waals surface area contributed by atoms with E-state index in [0.717, 1.165) is 17.0 Å². The van der Waals surface area contributed by atoms with Crippen LogP contribution in [0.25, 0.3) is 16.8 Å². The molecule has 2 N–H and O–H groups in total. The zero-order valence-electron chi connectivity index (χ0n) is 9.53. The summed E-state index contributed by atoms with van der Waals surface area (Å²) in [6, 6.07) is 5.92. The van der Waals surface area contributed by atoms with E-state index < -0.39 is 0 Å². The molecule has 0 radical (unpaired) electrons. The largest absolute Gasteiger partial charge is 0.352 e. The monoisotopic (exact) mass is 249 g/mol. The van der Waals surface area contributed by atoms with Crippen molar-refractivity contribution in [3.8, 4) is 0 Å². The second kappa shape index (κ2) is 3.63. The molecule has 6 heteroatoms. The summed E-state index contributed by atoms with van der Waals surface area (Å²) in [6.45, 7) is 4.12. The van der Waals surface area contributed by atoms with Crippen LogP contribution < -0.4 is 5.32 Å². The maximum absolute atomic E-state index is 5.92. The summed E-state index contributed by atoms with van der Waals surface area (Å²) in [5, 5.41) is 7.04. The highest BCUT2D eigenvalue weighted by Crippen LogP contribution is 2.20. The van der Waals surface area contributed by atoms with Crippen LogP contribution in [-0.2, 0) is 0 Å². The van der Waals surface area contributed by atoms with Crippen molar-refractivity contribution in [1.29, 1.82) is 0 Å². The number of hydrogen-bond acceptors (Lipinski definition) is 3. The van der Waals surface area contributed by atoms with E-state index >= 15 is 0 Å². The lowest BCUT2D eigenvalue weighted by Gasteiger charge is -2.04. The molecule has 5 nitrogen and oxygen atoms in total. The minimum atomic E-state index is 0.326. The molecular weight excluding hydrogens is 238 g/mol. The number of nitrogens with one attached hydrogen (secondary N) is 2. The average molecular weight is 250 g/mol. The second-order valence-corrected chi connectivity index (χ2v) is 4.69. The van der Waals surface area contributed by atoms with Gasteiger partial charge >= 0.3 is 0 Å². The minimum absolute atomic E-state index is 0.326. The number of hydrogen-bond donors (Lipinski definition) is 2. The first-order valence-electron chi connectivity index (χ1n) is 5.44. The van der Waals surface area contributed by atoms with Crippen LogP contribution in [0.1, 0.15) is 13.8 Å². The molecule has 0 amide bonds. The second-order valence-electron chi connectivity index (χ2n) is 4.25. The molecule has 3 aromatic rings. The van der Waals surface area contributed by atoms with E-state index in [0.29, 0.717) is 16.8 Å². The first-order valence-corrected chi connectivity index (χ1v) is 5.81. The third kappa shape index (κ3) is 1.72. The number of H-pyrrole nitrogens is 1. The van der Waals surface area contributed by atoms with Crippen molar-refractivity contribution in [3.63, 3.8) is 0 Å². The Morgan fingerprint density at radius 1 is 1.35 bits per heavy atom. The first kappa shape index (κ1) is 10.4. The molecule has 2 aromatic heterocycles. The Morgan fingerprint density at radius 2 is 2.18 bits per heavy atom. The molecule has 0 unspecified atom stereocenters. The molecule has 17 heavy (non-hydrogen) atoms. The van der Waals surface area contributed by atoms with Crippen LogP contribution in [-0.4, -0.2) is 25.6 Å². The summed E-state index contributed by atoms with van der Waals surface area (Å²) in [4.78, 5) is 8.76. The molecule has 3 rings (SSSR count). The predicted molar refractivity (Wildman–Crippen MR) is 68.6 cm³/mol. The molecule has 0 fully saturated rings. The van der Waals surface area contributed by atoms with Crippen molar-refractivity contribution in [3.05, 3.63) is 23.2 Å². The Hall–Kier alpha value is -1.75. The van der Waals surface area contributed by atoms with Crippen molar-refractivity contribution in [2.45, 2.75) is 19.9 Å². The Labute approximate surface area is 103 Å². The number of nitrogens with zero attached hydrogens (tertiary/aromatic N) is 3. The van der Waals surface area contributed by atoms with Gasteiger partial charge in [0.05, 0.1) is 11.0 Å². The summed E-state index contributed by atoms with van der Waals surface area (Å²) in [5.74, 6) is 1.37. The van der Waals surface area contributed by atoms with Gasteiger partial charge in [0.15, 0.2) is 0 Å². The number of aromatic amines is 1. The Bertz CT molecular complexity index is 682. The summed E-state index contributed by atoms with van der Waals surface area (Å²) >= 11 is 5.92. The topological polar surface area (TPSA) is 58.0 Å². The molecule has 0 bridgehead atoms. The fourth-order valence-corrected chi connectivity index (χ4v) is 1.96. The van der Waals surface area contributed by atoms with Crippen LogP contribution in [0.2, 0.25) is 5.02 Å². The maximum atomic E-state index is 5.92. The van der Waals surface area contributed by atoms with Crippen LogP contribution in [0.3, 0.4) is 0 Å². The van der Waals surface area contributed by atoms with E-state index in [1.165, 1.54) is 0 Å². The van der Waals surface area contributed by atoms with E-state index in [1.807, 2.05) is 22.7 Å². The third-order valence-electron chi connectivity index (χ3n) is 2.45. The highest BCUT2D eigenvalue weighted by atomic mass is 35.5. The van der Waals surface area contributed by atoms with Gasteiger partial charge in [0.25, 0.3) is 5.78 Å². The van der Waals surface area contributed by atoms with Gasteiger partial charge in [-0.05, 0) is 32.0 Å². The number of imidazole rings is 1. The quantitative estimate of drug-likeness (QED) is 0.734. The van der Waals surface area contributed by atoms with E-state index in [2.05, 4.69) is 34.2 Å². The normalized spacial score (nSPS) is 11.8. The zero-order chi connectivity index (χ0) is 12.0. The standard InChI is InChI=1S/C11H12ClN5/c1-6(2)13-10-15-11-14-8-5-7(12)3-4-9(8)17(11)16-10/h3-6H,1-2H3,(H2,13,14,15,16). The maximum Gasteiger partial charge on any atom is 0.253 e. The predicted octanol–water partition coefficient (Wildman–Crippen LogP) is 2.68. The smallest absolute Gasteiger partial charge is 0.253 e. The molecule has 0 aliphatic heterocycles. The summed E-state index contributed by atoms with van der Waals surface area (Å²) in [5.41, 5.74) is 1.81.